The minimum atomic E-state index is -0.0604. The number of phenolic OH excluding ortho intramolecular Hbond substituents is 1. The molecule has 0 aliphatic carbocycles. The molecule has 0 bridgehead atoms. The van der Waals surface area contributed by atoms with E-state index in [9.17, 15) is 9.90 Å². The van der Waals surface area contributed by atoms with Gasteiger partial charge in [-0.25, -0.2) is 0 Å². The van der Waals surface area contributed by atoms with Crippen molar-refractivity contribution in [1.29, 1.82) is 0 Å². The molecular weight excluding hydrogens is 302 g/mol. The molecule has 116 valence electrons. The fraction of sp³-hybridized carbons (Fsp3) is 0.250. The van der Waals surface area contributed by atoms with E-state index in [-0.39, 0.29) is 17.7 Å². The summed E-state index contributed by atoms with van der Waals surface area (Å²) in [4.78, 5) is 10.9. The van der Waals surface area contributed by atoms with Crippen molar-refractivity contribution < 1.29 is 9.90 Å². The molecule has 1 aromatic carbocycles. The normalized spacial score (nSPS) is 12.5. The first kappa shape index (κ1) is 16.1. The Morgan fingerprint density at radius 2 is 2.32 bits per heavy atom. The Balaban J connectivity index is 2.02. The van der Waals surface area contributed by atoms with Crippen molar-refractivity contribution in [2.24, 2.45) is 0 Å². The number of hydrogen-bond donors (Lipinski definition) is 2. The molecule has 0 radical (unpaired) electrons. The molecule has 5 nitrogen and oxygen atoms in total. The maximum atomic E-state index is 10.9. The van der Waals surface area contributed by atoms with Crippen LogP contribution in [-0.4, -0.2) is 26.8 Å². The Morgan fingerprint density at radius 3 is 3.00 bits per heavy atom. The maximum absolute atomic E-state index is 10.9. The van der Waals surface area contributed by atoms with Gasteiger partial charge in [-0.2, -0.15) is 5.10 Å². The zero-order valence-electron chi connectivity index (χ0n) is 12.5. The van der Waals surface area contributed by atoms with Crippen molar-refractivity contribution in [2.45, 2.75) is 26.4 Å². The smallest absolute Gasteiger partial charge is 0.217 e. The molecule has 0 fully saturated rings. The highest BCUT2D eigenvalue weighted by molar-refractivity contribution is 6.31. The Labute approximate surface area is 134 Å². The minimum Gasteiger partial charge on any atom is -0.508 e. The number of nitrogens with one attached hydrogen (secondary N) is 1. The molecule has 2 aromatic rings. The second kappa shape index (κ2) is 7.13. The third kappa shape index (κ3) is 4.63. The summed E-state index contributed by atoms with van der Waals surface area (Å²) in [6.07, 6.45) is 7.43. The number of benzene rings is 1. The summed E-state index contributed by atoms with van der Waals surface area (Å²) in [5, 5.41) is 16.9. The first-order valence-electron chi connectivity index (χ1n) is 6.89. The van der Waals surface area contributed by atoms with Crippen molar-refractivity contribution in [3.8, 4) is 5.75 Å². The predicted octanol–water partition coefficient (Wildman–Crippen LogP) is 2.83. The van der Waals surface area contributed by atoms with Crippen molar-refractivity contribution in [3.63, 3.8) is 0 Å². The van der Waals surface area contributed by atoms with Crippen molar-refractivity contribution in [2.75, 3.05) is 0 Å². The second-order valence-corrected chi connectivity index (χ2v) is 5.50. The van der Waals surface area contributed by atoms with Gasteiger partial charge < -0.3 is 10.4 Å². The standard InChI is InChI=1S/C16H18ClN3O2/c1-11(19-12(2)21)3-4-13-8-18-20(9-13)10-14-5-6-15(22)7-16(14)17/h3-9,11,22H,10H2,1-2H3,(H,19,21)/b4-3+/t11-/m0/s1. The van der Waals surface area contributed by atoms with Gasteiger partial charge in [-0.15, -0.1) is 0 Å². The van der Waals surface area contributed by atoms with Gasteiger partial charge in [-0.3, -0.25) is 9.48 Å². The van der Waals surface area contributed by atoms with Crippen LogP contribution in [0.3, 0.4) is 0 Å². The van der Waals surface area contributed by atoms with E-state index in [1.165, 1.54) is 13.0 Å². The van der Waals surface area contributed by atoms with Gasteiger partial charge >= 0.3 is 0 Å². The van der Waals surface area contributed by atoms with Crippen LogP contribution in [0.2, 0.25) is 5.02 Å². The van der Waals surface area contributed by atoms with Gasteiger partial charge in [0.1, 0.15) is 5.75 Å². The largest absolute Gasteiger partial charge is 0.508 e. The lowest BCUT2D eigenvalue weighted by molar-refractivity contribution is -0.119. The third-order valence-electron chi connectivity index (χ3n) is 3.03. The summed E-state index contributed by atoms with van der Waals surface area (Å²) in [6.45, 7) is 3.91. The number of nitrogens with zero attached hydrogens (tertiary/aromatic N) is 2. The van der Waals surface area contributed by atoms with Crippen LogP contribution in [0.1, 0.15) is 25.0 Å². The highest BCUT2D eigenvalue weighted by Gasteiger charge is 2.04. The lowest BCUT2D eigenvalue weighted by Crippen LogP contribution is -2.28. The summed E-state index contributed by atoms with van der Waals surface area (Å²) in [5.41, 5.74) is 1.82. The summed E-state index contributed by atoms with van der Waals surface area (Å²) in [6, 6.07) is 4.84. The molecule has 0 spiro atoms. The molecule has 6 heteroatoms. The van der Waals surface area contributed by atoms with Gasteiger partial charge in [0.05, 0.1) is 12.7 Å². The number of carbonyl (C=O) groups is 1. The molecule has 1 atom stereocenters. The van der Waals surface area contributed by atoms with Gasteiger partial charge in [-0.05, 0) is 24.6 Å². The molecule has 0 saturated carbocycles. The number of aromatic nitrogens is 2. The number of halogens is 1. The summed E-state index contributed by atoms with van der Waals surface area (Å²) in [5.74, 6) is 0.0830. The van der Waals surface area contributed by atoms with Crippen LogP contribution < -0.4 is 5.32 Å². The molecule has 2 rings (SSSR count). The average molecular weight is 320 g/mol. The zero-order chi connectivity index (χ0) is 16.1. The van der Waals surface area contributed by atoms with Gasteiger partial charge in [0.15, 0.2) is 0 Å². The highest BCUT2D eigenvalue weighted by atomic mass is 35.5. The van der Waals surface area contributed by atoms with Crippen LogP contribution in [-0.2, 0) is 11.3 Å². The van der Waals surface area contributed by atoms with E-state index in [0.29, 0.717) is 11.6 Å². The van der Waals surface area contributed by atoms with Crippen LogP contribution in [0.5, 0.6) is 5.75 Å². The number of hydrogen-bond acceptors (Lipinski definition) is 3. The molecule has 0 unspecified atom stereocenters. The quantitative estimate of drug-likeness (QED) is 0.890. The molecule has 0 aliphatic rings. The van der Waals surface area contributed by atoms with E-state index >= 15 is 0 Å². The zero-order valence-corrected chi connectivity index (χ0v) is 13.2. The van der Waals surface area contributed by atoms with Gasteiger partial charge in [0, 0.05) is 29.7 Å². The topological polar surface area (TPSA) is 67.2 Å². The third-order valence-corrected chi connectivity index (χ3v) is 3.38. The van der Waals surface area contributed by atoms with E-state index in [1.807, 2.05) is 25.3 Å². The Hall–Kier alpha value is -2.27. The summed E-state index contributed by atoms with van der Waals surface area (Å²) < 4.78 is 1.76. The Kier molecular flexibility index (Phi) is 5.22. The number of amides is 1. The van der Waals surface area contributed by atoms with Crippen molar-refractivity contribution >= 4 is 23.6 Å². The summed E-state index contributed by atoms with van der Waals surface area (Å²) >= 11 is 6.08. The van der Waals surface area contributed by atoms with Crippen molar-refractivity contribution in [1.82, 2.24) is 15.1 Å². The highest BCUT2D eigenvalue weighted by Crippen LogP contribution is 2.22. The van der Waals surface area contributed by atoms with E-state index in [4.69, 9.17) is 11.6 Å². The Morgan fingerprint density at radius 1 is 1.55 bits per heavy atom. The molecule has 1 aromatic heterocycles. The SMILES string of the molecule is CC(=O)N[C@@H](C)/C=C/c1cnn(Cc2ccc(O)cc2Cl)c1. The maximum Gasteiger partial charge on any atom is 0.217 e. The molecule has 1 heterocycles. The van der Waals surface area contributed by atoms with Crippen LogP contribution in [0.15, 0.2) is 36.7 Å². The van der Waals surface area contributed by atoms with Crippen LogP contribution in [0.25, 0.3) is 6.08 Å². The molecule has 0 aliphatic heterocycles. The predicted molar refractivity (Wildman–Crippen MR) is 86.8 cm³/mol. The number of aromatic hydroxyl groups is 1. The molecule has 0 saturated heterocycles. The van der Waals surface area contributed by atoms with E-state index in [0.717, 1.165) is 11.1 Å². The molecule has 2 N–H and O–H groups in total. The molecule has 22 heavy (non-hydrogen) atoms. The van der Waals surface area contributed by atoms with Gasteiger partial charge in [0.25, 0.3) is 0 Å². The lowest BCUT2D eigenvalue weighted by atomic mass is 10.2. The lowest BCUT2D eigenvalue weighted by Gasteiger charge is -2.05. The molecule has 1 amide bonds. The van der Waals surface area contributed by atoms with E-state index in [1.54, 1.807) is 23.0 Å². The summed E-state index contributed by atoms with van der Waals surface area (Å²) in [7, 11) is 0. The fourth-order valence-electron chi connectivity index (χ4n) is 2.02. The van der Waals surface area contributed by atoms with Crippen molar-refractivity contribution in [3.05, 3.63) is 52.8 Å². The number of rotatable bonds is 5. The van der Waals surface area contributed by atoms with E-state index in [2.05, 4.69) is 10.4 Å². The van der Waals surface area contributed by atoms with Crippen LogP contribution in [0, 0.1) is 0 Å². The van der Waals surface area contributed by atoms with Crippen LogP contribution in [0.4, 0.5) is 0 Å². The number of carbonyl (C=O) groups excluding carboxylic acids is 1. The fourth-order valence-corrected chi connectivity index (χ4v) is 2.25. The Bertz CT molecular complexity index is 694. The van der Waals surface area contributed by atoms with E-state index < -0.39 is 0 Å². The van der Waals surface area contributed by atoms with Gasteiger partial charge in [0.2, 0.25) is 5.91 Å². The average Bonchev–Trinajstić information content (AvgIpc) is 2.87. The first-order valence-corrected chi connectivity index (χ1v) is 7.27. The second-order valence-electron chi connectivity index (χ2n) is 5.10. The van der Waals surface area contributed by atoms with Gasteiger partial charge in [-0.1, -0.05) is 29.8 Å². The number of phenols is 1. The minimum absolute atomic E-state index is 0.0348. The van der Waals surface area contributed by atoms with Crippen LogP contribution >= 0.6 is 11.6 Å². The monoisotopic (exact) mass is 319 g/mol. The molecular formula is C16H18ClN3O2. The first-order chi connectivity index (χ1) is 10.4.